The van der Waals surface area contributed by atoms with E-state index in [2.05, 4.69) is 0 Å². The molecule has 1 aliphatic carbocycles. The number of hydrogen-bond acceptors (Lipinski definition) is 1. The zero-order valence-corrected chi connectivity index (χ0v) is 10.1. The molecule has 1 aromatic carbocycles. The largest absolute Gasteiger partial charge is 0.303 e. The van der Waals surface area contributed by atoms with E-state index in [9.17, 15) is 4.79 Å². The topological polar surface area (TPSA) is 17.1 Å². The van der Waals surface area contributed by atoms with Gasteiger partial charge in [-0.05, 0) is 36.5 Å². The first-order valence-electron chi connectivity index (χ1n) is 6.02. The van der Waals surface area contributed by atoms with Crippen molar-refractivity contribution < 1.29 is 4.79 Å². The molecule has 0 saturated heterocycles. The summed E-state index contributed by atoms with van der Waals surface area (Å²) >= 11 is 5.86. The molecule has 0 amide bonds. The number of benzene rings is 1. The van der Waals surface area contributed by atoms with Crippen molar-refractivity contribution in [3.8, 4) is 0 Å². The number of hydrogen-bond donors (Lipinski definition) is 0. The molecule has 1 fully saturated rings. The first-order chi connectivity index (χ1) is 7.81. The molecule has 2 rings (SSSR count). The van der Waals surface area contributed by atoms with Gasteiger partial charge in [-0.1, -0.05) is 43.0 Å². The summed E-state index contributed by atoms with van der Waals surface area (Å²) in [5, 5.41) is 0.733. The van der Waals surface area contributed by atoms with E-state index in [1.807, 2.05) is 24.3 Å². The molecule has 86 valence electrons. The maximum Gasteiger partial charge on any atom is 0.127 e. The van der Waals surface area contributed by atoms with Gasteiger partial charge in [0.2, 0.25) is 0 Å². The van der Waals surface area contributed by atoms with Gasteiger partial charge in [-0.2, -0.15) is 0 Å². The fourth-order valence-corrected chi connectivity index (χ4v) is 2.77. The molecule has 0 N–H and O–H groups in total. The molecule has 1 atom stereocenters. The van der Waals surface area contributed by atoms with Gasteiger partial charge in [-0.3, -0.25) is 0 Å². The van der Waals surface area contributed by atoms with E-state index in [0.717, 1.165) is 16.9 Å². The molecule has 0 spiro atoms. The molecule has 2 heteroatoms. The summed E-state index contributed by atoms with van der Waals surface area (Å²) in [7, 11) is 0. The highest BCUT2D eigenvalue weighted by Crippen LogP contribution is 2.35. The molecule has 1 nitrogen and oxygen atoms in total. The molecule has 1 saturated carbocycles. The highest BCUT2D eigenvalue weighted by Gasteiger charge is 2.24. The minimum Gasteiger partial charge on any atom is -0.303 e. The van der Waals surface area contributed by atoms with Crippen LogP contribution in [0.3, 0.4) is 0 Å². The average Bonchev–Trinajstić information content (AvgIpc) is 2.34. The third-order valence-corrected chi connectivity index (χ3v) is 3.81. The minimum absolute atomic E-state index is 0.0672. The van der Waals surface area contributed by atoms with E-state index in [1.165, 1.54) is 32.1 Å². The number of carbonyl (C=O) groups is 1. The van der Waals surface area contributed by atoms with Crippen molar-refractivity contribution in [3.63, 3.8) is 0 Å². The highest BCUT2D eigenvalue weighted by molar-refractivity contribution is 6.30. The van der Waals surface area contributed by atoms with Crippen LogP contribution in [0, 0.1) is 5.92 Å². The van der Waals surface area contributed by atoms with Crippen molar-refractivity contribution in [1.82, 2.24) is 0 Å². The Labute approximate surface area is 102 Å². The normalized spacial score (nSPS) is 19.3. The molecule has 16 heavy (non-hydrogen) atoms. The van der Waals surface area contributed by atoms with Crippen molar-refractivity contribution >= 4 is 17.9 Å². The van der Waals surface area contributed by atoms with E-state index in [4.69, 9.17) is 11.6 Å². The monoisotopic (exact) mass is 236 g/mol. The van der Waals surface area contributed by atoms with Gasteiger partial charge >= 0.3 is 0 Å². The second kappa shape index (κ2) is 5.49. The number of rotatable bonds is 3. The number of aldehydes is 1. The molecular weight excluding hydrogens is 220 g/mol. The van der Waals surface area contributed by atoms with Crippen LogP contribution in [-0.2, 0) is 4.79 Å². The summed E-state index contributed by atoms with van der Waals surface area (Å²) in [4.78, 5) is 11.3. The summed E-state index contributed by atoms with van der Waals surface area (Å²) in [6.45, 7) is 0. The average molecular weight is 237 g/mol. The first kappa shape index (κ1) is 11.7. The lowest BCUT2D eigenvalue weighted by molar-refractivity contribution is -0.110. The fraction of sp³-hybridized carbons (Fsp3) is 0.500. The SMILES string of the molecule is O=CC(c1ccc(Cl)cc1)C1CCCCC1. The van der Waals surface area contributed by atoms with Gasteiger partial charge in [0.25, 0.3) is 0 Å². The lowest BCUT2D eigenvalue weighted by atomic mass is 9.77. The first-order valence-corrected chi connectivity index (χ1v) is 6.40. The summed E-state index contributed by atoms with van der Waals surface area (Å²) in [5.41, 5.74) is 1.12. The van der Waals surface area contributed by atoms with Gasteiger partial charge in [0, 0.05) is 10.9 Å². The standard InChI is InChI=1S/C14H17ClO/c15-13-8-6-12(7-9-13)14(10-16)11-4-2-1-3-5-11/h6-11,14H,1-5H2. The third kappa shape index (κ3) is 2.65. The van der Waals surface area contributed by atoms with E-state index in [1.54, 1.807) is 0 Å². The van der Waals surface area contributed by atoms with Crippen molar-refractivity contribution in [1.29, 1.82) is 0 Å². The maximum absolute atomic E-state index is 11.3. The Balaban J connectivity index is 2.14. The molecule has 0 bridgehead atoms. The van der Waals surface area contributed by atoms with Crippen molar-refractivity contribution in [2.45, 2.75) is 38.0 Å². The van der Waals surface area contributed by atoms with Crippen LogP contribution in [-0.4, -0.2) is 6.29 Å². The fourth-order valence-electron chi connectivity index (χ4n) is 2.64. The quantitative estimate of drug-likeness (QED) is 0.719. The molecule has 0 aromatic heterocycles. The zero-order valence-electron chi connectivity index (χ0n) is 9.36. The lowest BCUT2D eigenvalue weighted by Crippen LogP contribution is -2.17. The Morgan fingerprint density at radius 3 is 2.31 bits per heavy atom. The van der Waals surface area contributed by atoms with Crippen LogP contribution in [0.4, 0.5) is 0 Å². The Kier molecular flexibility index (Phi) is 4.00. The van der Waals surface area contributed by atoms with E-state index >= 15 is 0 Å². The molecule has 0 radical (unpaired) electrons. The van der Waals surface area contributed by atoms with E-state index < -0.39 is 0 Å². The molecular formula is C14H17ClO. The highest BCUT2D eigenvalue weighted by atomic mass is 35.5. The number of carbonyl (C=O) groups excluding carboxylic acids is 1. The van der Waals surface area contributed by atoms with Gasteiger partial charge < -0.3 is 4.79 Å². The lowest BCUT2D eigenvalue weighted by Gasteiger charge is -2.26. The Morgan fingerprint density at radius 1 is 1.12 bits per heavy atom. The smallest absolute Gasteiger partial charge is 0.127 e. The minimum atomic E-state index is 0.0672. The second-order valence-electron chi connectivity index (χ2n) is 4.61. The molecule has 1 unspecified atom stereocenters. The third-order valence-electron chi connectivity index (χ3n) is 3.56. The van der Waals surface area contributed by atoms with Crippen molar-refractivity contribution in [2.24, 2.45) is 5.92 Å². The molecule has 0 aliphatic heterocycles. The van der Waals surface area contributed by atoms with Gasteiger partial charge in [0.1, 0.15) is 6.29 Å². The Bertz CT molecular complexity index is 338. The van der Waals surface area contributed by atoms with E-state index in [-0.39, 0.29) is 5.92 Å². The maximum atomic E-state index is 11.3. The summed E-state index contributed by atoms with van der Waals surface area (Å²) in [5.74, 6) is 0.602. The van der Waals surface area contributed by atoms with Crippen molar-refractivity contribution in [2.75, 3.05) is 0 Å². The van der Waals surface area contributed by atoms with Crippen LogP contribution in [0.2, 0.25) is 5.02 Å². The van der Waals surface area contributed by atoms with Crippen LogP contribution in [0.1, 0.15) is 43.6 Å². The van der Waals surface area contributed by atoms with Gasteiger partial charge in [0.05, 0.1) is 0 Å². The predicted molar refractivity (Wildman–Crippen MR) is 66.8 cm³/mol. The second-order valence-corrected chi connectivity index (χ2v) is 5.05. The summed E-state index contributed by atoms with van der Waals surface area (Å²) < 4.78 is 0. The molecule has 0 heterocycles. The van der Waals surface area contributed by atoms with Crippen molar-refractivity contribution in [3.05, 3.63) is 34.9 Å². The predicted octanol–water partition coefficient (Wildman–Crippen LogP) is 4.20. The molecule has 1 aromatic rings. The summed E-state index contributed by atoms with van der Waals surface area (Å²) in [6.07, 6.45) is 7.34. The summed E-state index contributed by atoms with van der Waals surface area (Å²) in [6, 6.07) is 7.71. The van der Waals surface area contributed by atoms with Gasteiger partial charge in [-0.15, -0.1) is 0 Å². The Morgan fingerprint density at radius 2 is 1.75 bits per heavy atom. The van der Waals surface area contributed by atoms with Gasteiger partial charge in [-0.25, -0.2) is 0 Å². The van der Waals surface area contributed by atoms with Crippen LogP contribution in [0.25, 0.3) is 0 Å². The van der Waals surface area contributed by atoms with Crippen LogP contribution >= 0.6 is 11.6 Å². The van der Waals surface area contributed by atoms with E-state index in [0.29, 0.717) is 5.92 Å². The zero-order chi connectivity index (χ0) is 11.4. The van der Waals surface area contributed by atoms with Crippen LogP contribution < -0.4 is 0 Å². The Hall–Kier alpha value is -0.820. The van der Waals surface area contributed by atoms with Crippen LogP contribution in [0.5, 0.6) is 0 Å². The van der Waals surface area contributed by atoms with Crippen LogP contribution in [0.15, 0.2) is 24.3 Å². The number of halogens is 1. The molecule has 1 aliphatic rings. The van der Waals surface area contributed by atoms with Gasteiger partial charge in [0.15, 0.2) is 0 Å².